The summed E-state index contributed by atoms with van der Waals surface area (Å²) in [5.74, 6) is -0.798. The lowest BCUT2D eigenvalue weighted by atomic mass is 10.1. The summed E-state index contributed by atoms with van der Waals surface area (Å²) in [7, 11) is -2.44. The number of cyclic esters (lactones) is 1. The van der Waals surface area contributed by atoms with Gasteiger partial charge in [-0.25, -0.2) is 18.0 Å². The van der Waals surface area contributed by atoms with E-state index in [0.717, 1.165) is 0 Å². The van der Waals surface area contributed by atoms with Crippen LogP contribution in [0.3, 0.4) is 0 Å². The van der Waals surface area contributed by atoms with Gasteiger partial charge in [-0.15, -0.1) is 0 Å². The third-order valence-electron chi connectivity index (χ3n) is 4.19. The molecule has 0 spiro atoms. The number of carbonyl (C=O) groups is 2. The van der Waals surface area contributed by atoms with E-state index in [9.17, 15) is 18.0 Å². The first-order valence-electron chi connectivity index (χ1n) is 8.45. The van der Waals surface area contributed by atoms with Crippen molar-refractivity contribution in [1.82, 2.24) is 0 Å². The molecule has 1 heterocycles. The zero-order valence-corrected chi connectivity index (χ0v) is 16.1. The summed E-state index contributed by atoms with van der Waals surface area (Å²) in [5, 5.41) is 0. The first-order valence-corrected chi connectivity index (χ1v) is 9.93. The number of aryl methyl sites for hydroxylation is 1. The number of benzene rings is 2. The molecular weight excluding hydrogens is 386 g/mol. The molecule has 8 nitrogen and oxygen atoms in total. The number of nitrogens with one attached hydrogen (secondary N) is 1. The Balaban J connectivity index is 1.82. The maximum Gasteiger partial charge on any atom is 0.347 e. The van der Waals surface area contributed by atoms with Crippen LogP contribution in [0.25, 0.3) is 0 Å². The molecule has 148 valence electrons. The summed E-state index contributed by atoms with van der Waals surface area (Å²) < 4.78 is 42.9. The summed E-state index contributed by atoms with van der Waals surface area (Å²) in [4.78, 5) is 23.7. The molecule has 3 rings (SSSR count). The number of ether oxygens (including phenoxy) is 3. The highest BCUT2D eigenvalue weighted by Gasteiger charge is 2.31. The first kappa shape index (κ1) is 19.7. The molecule has 9 heteroatoms. The predicted octanol–water partition coefficient (Wildman–Crippen LogP) is 2.28. The van der Waals surface area contributed by atoms with E-state index in [0.29, 0.717) is 17.0 Å². The summed E-state index contributed by atoms with van der Waals surface area (Å²) in [5.41, 5.74) is 0.833. The van der Waals surface area contributed by atoms with Crippen LogP contribution in [-0.4, -0.2) is 40.2 Å². The standard InChI is InChI=1S/C19H19NO7S/c1-12-3-4-13(18(21)27-16-9-10-26-19(16)22)11-17(12)28(23,24)20-14-5-7-15(25-2)8-6-14/h3-8,11,16,20H,9-10H2,1-2H3/t16-/m0/s1. The maximum absolute atomic E-state index is 12.8. The van der Waals surface area contributed by atoms with E-state index < -0.39 is 28.1 Å². The van der Waals surface area contributed by atoms with E-state index in [2.05, 4.69) is 4.72 Å². The molecule has 1 aliphatic rings. The van der Waals surface area contributed by atoms with Crippen molar-refractivity contribution in [2.45, 2.75) is 24.3 Å². The van der Waals surface area contributed by atoms with Crippen molar-refractivity contribution >= 4 is 27.6 Å². The molecule has 1 N–H and O–H groups in total. The van der Waals surface area contributed by atoms with Gasteiger partial charge in [0, 0.05) is 12.1 Å². The van der Waals surface area contributed by atoms with E-state index in [1.807, 2.05) is 0 Å². The minimum absolute atomic E-state index is 0.0282. The van der Waals surface area contributed by atoms with Crippen molar-refractivity contribution < 1.29 is 32.2 Å². The Morgan fingerprint density at radius 1 is 1.18 bits per heavy atom. The average molecular weight is 405 g/mol. The molecule has 0 amide bonds. The fourth-order valence-electron chi connectivity index (χ4n) is 2.67. The second-order valence-corrected chi connectivity index (χ2v) is 7.82. The Morgan fingerprint density at radius 2 is 1.89 bits per heavy atom. The number of hydrogen-bond acceptors (Lipinski definition) is 7. The fourth-order valence-corrected chi connectivity index (χ4v) is 4.00. The SMILES string of the molecule is COc1ccc(NS(=O)(=O)c2cc(C(=O)O[C@H]3CCOC3=O)ccc2C)cc1. The molecule has 0 unspecified atom stereocenters. The molecule has 2 aromatic rings. The van der Waals surface area contributed by atoms with Crippen LogP contribution < -0.4 is 9.46 Å². The molecule has 1 saturated heterocycles. The van der Waals surface area contributed by atoms with Crippen molar-refractivity contribution in [3.05, 3.63) is 53.6 Å². The number of anilines is 1. The largest absolute Gasteiger partial charge is 0.497 e. The van der Waals surface area contributed by atoms with E-state index in [4.69, 9.17) is 14.2 Å². The summed E-state index contributed by atoms with van der Waals surface area (Å²) in [6.07, 6.45) is -0.688. The summed E-state index contributed by atoms with van der Waals surface area (Å²) in [6.45, 7) is 1.81. The zero-order chi connectivity index (χ0) is 20.3. The van der Waals surface area contributed by atoms with Gasteiger partial charge in [-0.1, -0.05) is 6.07 Å². The molecule has 0 radical (unpaired) electrons. The zero-order valence-electron chi connectivity index (χ0n) is 15.3. The lowest BCUT2D eigenvalue weighted by molar-refractivity contribution is -0.145. The van der Waals surface area contributed by atoms with Gasteiger partial charge in [0.1, 0.15) is 5.75 Å². The predicted molar refractivity (Wildman–Crippen MR) is 99.8 cm³/mol. The van der Waals surface area contributed by atoms with Gasteiger partial charge in [-0.3, -0.25) is 4.72 Å². The van der Waals surface area contributed by atoms with Crippen LogP contribution in [0.4, 0.5) is 5.69 Å². The summed E-state index contributed by atoms with van der Waals surface area (Å²) in [6, 6.07) is 10.6. The maximum atomic E-state index is 12.8. The third-order valence-corrected chi connectivity index (χ3v) is 5.72. The van der Waals surface area contributed by atoms with Crippen LogP contribution >= 0.6 is 0 Å². The Morgan fingerprint density at radius 3 is 2.50 bits per heavy atom. The number of esters is 2. The van der Waals surface area contributed by atoms with Crippen molar-refractivity contribution in [3.63, 3.8) is 0 Å². The number of carbonyl (C=O) groups excluding carboxylic acids is 2. The van der Waals surface area contributed by atoms with Crippen molar-refractivity contribution in [2.24, 2.45) is 0 Å². The smallest absolute Gasteiger partial charge is 0.347 e. The second-order valence-electron chi connectivity index (χ2n) is 6.16. The van der Waals surface area contributed by atoms with Gasteiger partial charge in [0.05, 0.1) is 24.2 Å². The minimum Gasteiger partial charge on any atom is -0.497 e. The molecule has 2 aromatic carbocycles. The van der Waals surface area contributed by atoms with Crippen LogP contribution in [0.15, 0.2) is 47.4 Å². The van der Waals surface area contributed by atoms with Gasteiger partial charge in [-0.05, 0) is 48.9 Å². The molecule has 0 aliphatic carbocycles. The summed E-state index contributed by atoms with van der Waals surface area (Å²) >= 11 is 0. The topological polar surface area (TPSA) is 108 Å². The number of hydrogen-bond donors (Lipinski definition) is 1. The minimum atomic E-state index is -3.95. The fraction of sp³-hybridized carbons (Fsp3) is 0.263. The van der Waals surface area contributed by atoms with Gasteiger partial charge in [0.15, 0.2) is 0 Å². The van der Waals surface area contributed by atoms with Crippen LogP contribution in [0.2, 0.25) is 0 Å². The highest BCUT2D eigenvalue weighted by atomic mass is 32.2. The number of rotatable bonds is 6. The highest BCUT2D eigenvalue weighted by molar-refractivity contribution is 7.92. The van der Waals surface area contributed by atoms with E-state index in [1.165, 1.54) is 25.3 Å². The molecule has 1 fully saturated rings. The molecule has 1 atom stereocenters. The normalized spacial score (nSPS) is 16.4. The van der Waals surface area contributed by atoms with Gasteiger partial charge < -0.3 is 14.2 Å². The van der Waals surface area contributed by atoms with Gasteiger partial charge in [0.2, 0.25) is 6.10 Å². The van der Waals surface area contributed by atoms with Crippen LogP contribution in [0.1, 0.15) is 22.3 Å². The molecule has 1 aliphatic heterocycles. The molecular formula is C19H19NO7S. The quantitative estimate of drug-likeness (QED) is 0.735. The van der Waals surface area contributed by atoms with Crippen molar-refractivity contribution in [2.75, 3.05) is 18.4 Å². The third kappa shape index (κ3) is 4.25. The highest BCUT2D eigenvalue weighted by Crippen LogP contribution is 2.23. The Bertz CT molecular complexity index is 999. The van der Waals surface area contributed by atoms with Gasteiger partial charge >= 0.3 is 11.9 Å². The monoisotopic (exact) mass is 405 g/mol. The van der Waals surface area contributed by atoms with E-state index in [1.54, 1.807) is 31.2 Å². The van der Waals surface area contributed by atoms with Crippen LogP contribution in [0.5, 0.6) is 5.75 Å². The Kier molecular flexibility index (Phi) is 5.55. The van der Waals surface area contributed by atoms with E-state index in [-0.39, 0.29) is 23.5 Å². The number of methoxy groups -OCH3 is 1. The van der Waals surface area contributed by atoms with Crippen molar-refractivity contribution in [3.8, 4) is 5.75 Å². The molecule has 0 bridgehead atoms. The van der Waals surface area contributed by atoms with E-state index >= 15 is 0 Å². The lowest BCUT2D eigenvalue weighted by Crippen LogP contribution is -2.23. The molecule has 0 aromatic heterocycles. The first-order chi connectivity index (χ1) is 13.3. The number of sulfonamides is 1. The van der Waals surface area contributed by atoms with Gasteiger partial charge in [-0.2, -0.15) is 0 Å². The molecule has 28 heavy (non-hydrogen) atoms. The van der Waals surface area contributed by atoms with Crippen molar-refractivity contribution in [1.29, 1.82) is 0 Å². The Hall–Kier alpha value is -3.07. The van der Waals surface area contributed by atoms with Gasteiger partial charge in [0.25, 0.3) is 10.0 Å². The molecule has 0 saturated carbocycles. The lowest BCUT2D eigenvalue weighted by Gasteiger charge is -2.13. The average Bonchev–Trinajstić information content (AvgIpc) is 3.06. The Labute approximate surface area is 162 Å². The van der Waals surface area contributed by atoms with Crippen LogP contribution in [-0.2, 0) is 24.3 Å². The second kappa shape index (κ2) is 7.89. The van der Waals surface area contributed by atoms with Crippen LogP contribution in [0, 0.1) is 6.92 Å².